The first-order chi connectivity index (χ1) is 41.0. The third-order valence-corrected chi connectivity index (χ3v) is 16.6. The summed E-state index contributed by atoms with van der Waals surface area (Å²) in [5, 5.41) is 14.6. The highest BCUT2D eigenvalue weighted by atomic mass is 19.4. The summed E-state index contributed by atoms with van der Waals surface area (Å²) in [6.45, 7) is 16.6. The van der Waals surface area contributed by atoms with E-state index < -0.39 is 29.0 Å². The minimum absolute atomic E-state index is 0.0338. The van der Waals surface area contributed by atoms with Crippen LogP contribution >= 0.6 is 0 Å². The molecule has 11 aromatic carbocycles. The van der Waals surface area contributed by atoms with Gasteiger partial charge in [0, 0.05) is 32.7 Å². The Morgan fingerprint density at radius 1 is 0.291 bits per heavy atom. The lowest BCUT2D eigenvalue weighted by molar-refractivity contribution is -0.142. The van der Waals surface area contributed by atoms with Crippen LogP contribution in [0.2, 0.25) is 0 Å². The molecule has 2 heterocycles. The van der Waals surface area contributed by atoms with Gasteiger partial charge in [0.2, 0.25) is 0 Å². The second-order valence-electron chi connectivity index (χ2n) is 23.4. The highest BCUT2D eigenvalue weighted by Crippen LogP contribution is 2.48. The SMILES string of the molecule is Cc1cc(C)cc(-c2ccc3c(c2)c2cc(-c4cc(C)cc(C)c4)ccc2n3-c2ccc(C#N)cc2-c2cc(-c3ccc(C(F)(F)F)cc3C(F)(F)F)ccc2-n2c3ccc(-c4cc(C)cc(C)c4)cc3c3cc(-c4cc(C)cc(C)c4)ccc32)c1. The Morgan fingerprint density at radius 3 is 0.942 bits per heavy atom. The van der Waals surface area contributed by atoms with Crippen molar-refractivity contribution in [3.8, 4) is 84.2 Å². The zero-order valence-corrected chi connectivity index (χ0v) is 48.7. The van der Waals surface area contributed by atoms with E-state index >= 15 is 13.2 Å². The molecule has 0 aliphatic carbocycles. The minimum atomic E-state index is -5.16. The van der Waals surface area contributed by atoms with Gasteiger partial charge < -0.3 is 9.13 Å². The van der Waals surface area contributed by atoms with Gasteiger partial charge in [0.25, 0.3) is 0 Å². The van der Waals surface area contributed by atoms with E-state index in [-0.39, 0.29) is 11.6 Å². The largest absolute Gasteiger partial charge is 0.417 e. The quantitative estimate of drug-likeness (QED) is 0.140. The van der Waals surface area contributed by atoms with Gasteiger partial charge in [-0.1, -0.05) is 154 Å². The molecule has 2 aromatic heterocycles. The maximum Gasteiger partial charge on any atom is 0.417 e. The Balaban J connectivity index is 1.14. The summed E-state index contributed by atoms with van der Waals surface area (Å²) < 4.78 is 93.3. The van der Waals surface area contributed by atoms with E-state index in [4.69, 9.17) is 0 Å². The normalized spacial score (nSPS) is 12.1. The summed E-state index contributed by atoms with van der Waals surface area (Å²) in [4.78, 5) is 0. The van der Waals surface area contributed by atoms with Gasteiger partial charge in [-0.25, -0.2) is 0 Å². The number of rotatable bonds is 8. The third kappa shape index (κ3) is 9.99. The van der Waals surface area contributed by atoms with E-state index in [0.29, 0.717) is 34.1 Å². The Bertz CT molecular complexity index is 4720. The van der Waals surface area contributed by atoms with Crippen LogP contribution in [0.25, 0.3) is 122 Å². The van der Waals surface area contributed by atoms with E-state index in [1.807, 2.05) is 6.07 Å². The van der Waals surface area contributed by atoms with Crippen LogP contribution in [0.5, 0.6) is 0 Å². The fourth-order valence-corrected chi connectivity index (χ4v) is 13.2. The molecule has 0 radical (unpaired) electrons. The molecule has 0 atom stereocenters. The van der Waals surface area contributed by atoms with Crippen molar-refractivity contribution < 1.29 is 26.3 Å². The van der Waals surface area contributed by atoms with Crippen LogP contribution in [0.3, 0.4) is 0 Å². The van der Waals surface area contributed by atoms with Crippen molar-refractivity contribution in [3.63, 3.8) is 0 Å². The molecule has 0 amide bonds. The number of fused-ring (bicyclic) bond motifs is 6. The molecule has 0 aliphatic heterocycles. The van der Waals surface area contributed by atoms with Crippen LogP contribution in [0.1, 0.15) is 61.2 Å². The van der Waals surface area contributed by atoms with Gasteiger partial charge in [0.05, 0.1) is 56.2 Å². The molecule has 9 heteroatoms. The van der Waals surface area contributed by atoms with Gasteiger partial charge in [-0.3, -0.25) is 0 Å². The van der Waals surface area contributed by atoms with Crippen LogP contribution in [0.15, 0.2) is 200 Å². The van der Waals surface area contributed by atoms with Crippen LogP contribution in [0, 0.1) is 66.7 Å². The minimum Gasteiger partial charge on any atom is -0.309 e. The van der Waals surface area contributed by atoms with Crippen molar-refractivity contribution in [2.24, 2.45) is 0 Å². The molecular weight excluding hydrogens is 1080 g/mol. The number of alkyl halides is 6. The zero-order chi connectivity index (χ0) is 60.2. The predicted molar refractivity (Wildman–Crippen MR) is 340 cm³/mol. The van der Waals surface area contributed by atoms with Gasteiger partial charge in [0.1, 0.15) is 0 Å². The van der Waals surface area contributed by atoms with Crippen molar-refractivity contribution in [1.82, 2.24) is 9.13 Å². The molecule has 0 fully saturated rings. The lowest BCUT2D eigenvalue weighted by Crippen LogP contribution is -2.12. The number of aromatic nitrogens is 2. The Labute approximate surface area is 495 Å². The molecule has 0 bridgehead atoms. The number of hydrogen-bond acceptors (Lipinski definition) is 1. The first kappa shape index (κ1) is 55.3. The Kier molecular flexibility index (Phi) is 13.3. The Hall–Kier alpha value is -9.91. The number of hydrogen-bond donors (Lipinski definition) is 0. The molecule has 422 valence electrons. The molecule has 0 aliphatic rings. The third-order valence-electron chi connectivity index (χ3n) is 16.6. The van der Waals surface area contributed by atoms with E-state index in [0.717, 1.165) is 139 Å². The van der Waals surface area contributed by atoms with Gasteiger partial charge in [-0.2, -0.15) is 31.6 Å². The molecule has 0 N–H and O–H groups in total. The lowest BCUT2D eigenvalue weighted by atomic mass is 9.91. The summed E-state index contributed by atoms with van der Waals surface area (Å²) >= 11 is 0. The molecule has 0 spiro atoms. The first-order valence-electron chi connectivity index (χ1n) is 28.5. The number of nitriles is 1. The van der Waals surface area contributed by atoms with Crippen LogP contribution in [-0.2, 0) is 12.4 Å². The van der Waals surface area contributed by atoms with Crippen LogP contribution in [-0.4, -0.2) is 9.13 Å². The van der Waals surface area contributed by atoms with Gasteiger partial charge in [0.15, 0.2) is 0 Å². The number of nitrogens with zero attached hydrogens (tertiary/aromatic N) is 3. The molecular formula is C77H57F6N3. The van der Waals surface area contributed by atoms with Crippen molar-refractivity contribution in [1.29, 1.82) is 5.26 Å². The summed E-state index contributed by atoms with van der Waals surface area (Å²) in [6, 6.07) is 66.0. The maximum atomic E-state index is 15.4. The number of benzene rings is 11. The monoisotopic (exact) mass is 1140 g/mol. The van der Waals surface area contributed by atoms with Crippen LogP contribution < -0.4 is 0 Å². The molecule has 3 nitrogen and oxygen atoms in total. The van der Waals surface area contributed by atoms with Gasteiger partial charge >= 0.3 is 12.4 Å². The zero-order valence-electron chi connectivity index (χ0n) is 48.7. The average Bonchev–Trinajstić information content (AvgIpc) is 2.45. The van der Waals surface area contributed by atoms with Crippen molar-refractivity contribution in [2.75, 3.05) is 0 Å². The summed E-state index contributed by atoms with van der Waals surface area (Å²) in [5.41, 5.74) is 19.7. The van der Waals surface area contributed by atoms with Crippen LogP contribution in [0.4, 0.5) is 26.3 Å². The maximum absolute atomic E-state index is 15.4. The van der Waals surface area contributed by atoms with E-state index in [1.54, 1.807) is 30.3 Å². The number of halogens is 6. The second-order valence-corrected chi connectivity index (χ2v) is 23.4. The molecule has 86 heavy (non-hydrogen) atoms. The van der Waals surface area contributed by atoms with Gasteiger partial charge in [-0.15, -0.1) is 0 Å². The summed E-state index contributed by atoms with van der Waals surface area (Å²) in [6.07, 6.45) is -10.2. The fourth-order valence-electron chi connectivity index (χ4n) is 13.2. The summed E-state index contributed by atoms with van der Waals surface area (Å²) in [5.74, 6) is 0. The Morgan fingerprint density at radius 2 is 0.616 bits per heavy atom. The molecule has 13 aromatic rings. The standard InChI is InChI=1S/C77H57F6N3/c1-43-23-44(2)28-57(27-43)52-10-18-71-64(36-52)65-37-53(58-29-45(3)24-46(4)30-58)11-19-72(65)85(71)70-17-9-51(42-84)35-63(70)68-40-56(62-16-15-61(76(78,79)80)41-69(62)77(81,82)83)14-22-75(68)86-73-20-12-54(59-31-47(5)25-48(6)32-59)38-66(73)67-39-55(13-21-74(67)86)60-33-49(7)26-50(8)34-60/h9-41H,1-8H3. The average molecular weight is 1140 g/mol. The molecule has 0 saturated heterocycles. The molecule has 13 rings (SSSR count). The lowest BCUT2D eigenvalue weighted by Gasteiger charge is -2.21. The van der Waals surface area contributed by atoms with E-state index in [1.165, 1.54) is 0 Å². The first-order valence-corrected chi connectivity index (χ1v) is 28.5. The molecule has 0 unspecified atom stereocenters. The molecule has 0 saturated carbocycles. The highest BCUT2D eigenvalue weighted by Gasteiger charge is 2.39. The second kappa shape index (κ2) is 20.7. The van der Waals surface area contributed by atoms with Crippen molar-refractivity contribution in [3.05, 3.63) is 261 Å². The predicted octanol–water partition coefficient (Wildman–Crippen LogP) is 22.3. The van der Waals surface area contributed by atoms with Crippen molar-refractivity contribution in [2.45, 2.75) is 67.7 Å². The van der Waals surface area contributed by atoms with E-state index in [9.17, 15) is 18.4 Å². The fraction of sp³-hybridized carbons (Fsp3) is 0.130. The number of aryl methyl sites for hydroxylation is 8. The van der Waals surface area contributed by atoms with Crippen molar-refractivity contribution >= 4 is 43.6 Å². The smallest absolute Gasteiger partial charge is 0.309 e. The highest BCUT2D eigenvalue weighted by molar-refractivity contribution is 6.14. The summed E-state index contributed by atoms with van der Waals surface area (Å²) in [7, 11) is 0. The van der Waals surface area contributed by atoms with Gasteiger partial charge in [-0.05, 0) is 202 Å². The van der Waals surface area contributed by atoms with E-state index in [2.05, 4.69) is 216 Å². The topological polar surface area (TPSA) is 33.6 Å².